The molecule has 0 aromatic rings. The lowest BCUT2D eigenvalue weighted by atomic mass is 10.3. The second-order valence-corrected chi connectivity index (χ2v) is 47.6. The van der Waals surface area contributed by atoms with Crippen LogP contribution in [0.3, 0.4) is 0 Å². The summed E-state index contributed by atoms with van der Waals surface area (Å²) in [6.45, 7) is 42.7. The molecule has 0 spiro atoms. The maximum atomic E-state index is 11.5. The summed E-state index contributed by atoms with van der Waals surface area (Å²) in [6, 6.07) is 3.58. The van der Waals surface area contributed by atoms with E-state index in [1.807, 2.05) is 0 Å². The number of hydrogen-bond donors (Lipinski definition) is 2. The zero-order valence-corrected chi connectivity index (χ0v) is 46.8. The lowest BCUT2D eigenvalue weighted by molar-refractivity contribution is -0.143. The summed E-state index contributed by atoms with van der Waals surface area (Å²) in [5, 5.41) is 20.0. The van der Waals surface area contributed by atoms with Crippen molar-refractivity contribution in [1.82, 2.24) is 0 Å². The van der Waals surface area contributed by atoms with Crippen molar-refractivity contribution in [2.24, 2.45) is 0 Å². The predicted octanol–water partition coefficient (Wildman–Crippen LogP) is 7.79. The van der Waals surface area contributed by atoms with Gasteiger partial charge in [0.1, 0.15) is 25.4 Å². The number of rotatable bonds is 34. The maximum Gasteiger partial charge on any atom is 0.333 e. The highest BCUT2D eigenvalue weighted by atomic mass is 28.5. The normalized spacial score (nSPS) is 14.5. The highest BCUT2D eigenvalue weighted by Crippen LogP contribution is 2.27. The fourth-order valence-corrected chi connectivity index (χ4v) is 35.2. The molecule has 2 N–H and O–H groups in total. The smallest absolute Gasteiger partial charge is 0.333 e. The van der Waals surface area contributed by atoms with E-state index in [2.05, 4.69) is 105 Å². The van der Waals surface area contributed by atoms with Crippen molar-refractivity contribution in [2.45, 2.75) is 155 Å². The van der Waals surface area contributed by atoms with Crippen LogP contribution in [0.15, 0.2) is 24.3 Å². The first-order valence-electron chi connectivity index (χ1n) is 20.9. The molecule has 0 amide bonds. The van der Waals surface area contributed by atoms with E-state index in [4.69, 9.17) is 44.3 Å². The number of carbonyl (C=O) groups is 2. The molecular weight excluding hydrogens is 877 g/mol. The lowest BCUT2D eigenvalue weighted by Crippen LogP contribution is -2.55. The topological polar surface area (TPSA) is 167 Å². The highest BCUT2D eigenvalue weighted by Gasteiger charge is 2.43. The molecule has 0 saturated heterocycles. The fraction of sp³-hybridized carbons (Fsp3) is 0.842. The molecule has 0 aliphatic heterocycles. The summed E-state index contributed by atoms with van der Waals surface area (Å²) in [4.78, 5) is 23.0. The Morgan fingerprint density at radius 1 is 0.458 bits per heavy atom. The molecule has 21 heteroatoms. The third-order valence-corrected chi connectivity index (χ3v) is 33.1. The Morgan fingerprint density at radius 2 is 0.763 bits per heavy atom. The van der Waals surface area contributed by atoms with Gasteiger partial charge in [0.25, 0.3) is 0 Å². The number of ether oxygens (including phenoxy) is 4. The molecule has 0 aromatic carbocycles. The van der Waals surface area contributed by atoms with Crippen molar-refractivity contribution in [1.29, 1.82) is 0 Å². The molecule has 14 nitrogen and oxygen atoms in total. The van der Waals surface area contributed by atoms with E-state index in [9.17, 15) is 19.8 Å². The average Bonchev–Trinajstić information content (AvgIpc) is 3.02. The van der Waals surface area contributed by atoms with Crippen molar-refractivity contribution >= 4 is 70.9 Å². The molecule has 0 saturated carbocycles. The van der Waals surface area contributed by atoms with Gasteiger partial charge in [-0.15, -0.1) is 0 Å². The Kier molecular flexibility index (Phi) is 26.1. The van der Waals surface area contributed by atoms with E-state index in [1.54, 1.807) is 13.8 Å². The molecule has 0 aliphatic rings. The van der Waals surface area contributed by atoms with Gasteiger partial charge in [-0.1, -0.05) is 13.2 Å². The van der Waals surface area contributed by atoms with Gasteiger partial charge in [-0.05, 0) is 143 Å². The highest BCUT2D eigenvalue weighted by molar-refractivity contribution is 6.86. The first-order chi connectivity index (χ1) is 26.7. The van der Waals surface area contributed by atoms with E-state index < -0.39 is 83.1 Å². The molecule has 2 unspecified atom stereocenters. The van der Waals surface area contributed by atoms with Crippen molar-refractivity contribution < 1.29 is 64.1 Å². The average molecular weight is 962 g/mol. The van der Waals surface area contributed by atoms with Crippen LogP contribution in [-0.2, 0) is 53.8 Å². The van der Waals surface area contributed by atoms with Gasteiger partial charge in [0.2, 0.25) is 0 Å². The second kappa shape index (κ2) is 26.4. The standard InChI is InChI=1S/C38H84O14Si7/c1-33(2)37(41)45-31-35(39)29-43-21-19-25-53(5,6)49-55(9,10)27-23-47-57(13,14)51-59(17,18)52-58(15,16)48-24-28-56(11,12)50-54(7,8)26-20-22-44-30-36(40)32-46-38(42)34(3)4/h35-36,39-40H,1,3,19-32H2,2,4-18H3. The monoisotopic (exact) mass is 960 g/mol. The van der Waals surface area contributed by atoms with Crippen LogP contribution in [0.2, 0.25) is 116 Å². The molecule has 0 aliphatic carbocycles. The van der Waals surface area contributed by atoms with Crippen LogP contribution in [0.1, 0.15) is 26.7 Å². The van der Waals surface area contributed by atoms with Crippen LogP contribution in [0, 0.1) is 0 Å². The molecule has 0 radical (unpaired) electrons. The molecule has 0 fully saturated rings. The third kappa shape index (κ3) is 31.1. The van der Waals surface area contributed by atoms with Crippen LogP contribution in [0.4, 0.5) is 0 Å². The summed E-state index contributed by atoms with van der Waals surface area (Å²) in [7, 11) is -15.6. The van der Waals surface area contributed by atoms with Crippen LogP contribution < -0.4 is 0 Å². The van der Waals surface area contributed by atoms with E-state index in [0.717, 1.165) is 37.0 Å². The first-order valence-corrected chi connectivity index (χ1v) is 41.8. The maximum absolute atomic E-state index is 11.5. The van der Waals surface area contributed by atoms with Gasteiger partial charge in [0.15, 0.2) is 33.3 Å². The summed E-state index contributed by atoms with van der Waals surface area (Å²) >= 11 is 0. The van der Waals surface area contributed by atoms with Gasteiger partial charge in [-0.2, -0.15) is 0 Å². The Labute approximate surface area is 365 Å². The quantitative estimate of drug-likeness (QED) is 0.0278. The molecule has 0 bridgehead atoms. The minimum atomic E-state index is -2.59. The Morgan fingerprint density at radius 3 is 1.07 bits per heavy atom. The minimum absolute atomic E-state index is 0.105. The van der Waals surface area contributed by atoms with Crippen molar-refractivity contribution in [3.63, 3.8) is 0 Å². The summed E-state index contributed by atoms with van der Waals surface area (Å²) < 4.78 is 61.0. The van der Waals surface area contributed by atoms with Crippen molar-refractivity contribution in [3.05, 3.63) is 24.3 Å². The summed E-state index contributed by atoms with van der Waals surface area (Å²) in [5.74, 6) is -1.04. The van der Waals surface area contributed by atoms with Gasteiger partial charge in [0.05, 0.1) is 13.2 Å². The zero-order valence-electron chi connectivity index (χ0n) is 39.8. The SMILES string of the molecule is C=C(C)C(=O)OCC(O)COCCC[Si](C)(C)O[Si](C)(C)CCO[Si](C)(C)O[Si](C)(C)O[Si](C)(C)OCC[Si](C)(C)O[Si](C)(C)CCCOCC(O)COC(=O)C(=C)C. The predicted molar refractivity (Wildman–Crippen MR) is 252 cm³/mol. The van der Waals surface area contributed by atoms with E-state index in [-0.39, 0.29) is 26.4 Å². The molecule has 0 rings (SSSR count). The van der Waals surface area contributed by atoms with Gasteiger partial charge in [-0.25, -0.2) is 9.59 Å². The second-order valence-electron chi connectivity index (χ2n) is 19.3. The molecule has 348 valence electrons. The number of hydrogen-bond acceptors (Lipinski definition) is 14. The Hall–Kier alpha value is -0.462. The van der Waals surface area contributed by atoms with E-state index in [1.165, 1.54) is 0 Å². The van der Waals surface area contributed by atoms with E-state index >= 15 is 0 Å². The van der Waals surface area contributed by atoms with Crippen LogP contribution in [0.25, 0.3) is 0 Å². The molecule has 0 aromatic heterocycles. The molecule has 0 heterocycles. The van der Waals surface area contributed by atoms with Crippen LogP contribution in [-0.4, -0.2) is 146 Å². The minimum Gasteiger partial charge on any atom is -0.460 e. The largest absolute Gasteiger partial charge is 0.460 e. The zero-order chi connectivity index (χ0) is 45.9. The number of aliphatic hydroxyl groups is 2. The Bertz CT molecular complexity index is 1200. The van der Waals surface area contributed by atoms with Crippen LogP contribution >= 0.6 is 0 Å². The van der Waals surface area contributed by atoms with E-state index in [0.29, 0.717) is 37.6 Å². The van der Waals surface area contributed by atoms with Gasteiger partial charge in [0, 0.05) is 37.6 Å². The van der Waals surface area contributed by atoms with Gasteiger partial charge >= 0.3 is 37.6 Å². The Balaban J connectivity index is 4.65. The molecule has 2 atom stereocenters. The third-order valence-electron chi connectivity index (χ3n) is 8.66. The number of esters is 2. The van der Waals surface area contributed by atoms with Crippen LogP contribution in [0.5, 0.6) is 0 Å². The van der Waals surface area contributed by atoms with Crippen molar-refractivity contribution in [2.75, 3.05) is 52.9 Å². The lowest BCUT2D eigenvalue weighted by Gasteiger charge is -2.39. The number of aliphatic hydroxyl groups excluding tert-OH is 2. The van der Waals surface area contributed by atoms with Crippen molar-refractivity contribution in [3.8, 4) is 0 Å². The first kappa shape index (κ1) is 58.5. The summed E-state index contributed by atoms with van der Waals surface area (Å²) in [6.07, 6.45) is -0.0875. The molecular formula is C38H84O14Si7. The van der Waals surface area contributed by atoms with Gasteiger partial charge < -0.3 is 54.5 Å². The fourth-order valence-electron chi connectivity index (χ4n) is 6.37. The number of carbonyl (C=O) groups excluding carboxylic acids is 2. The molecule has 59 heavy (non-hydrogen) atoms. The summed E-state index contributed by atoms with van der Waals surface area (Å²) in [5.41, 5.74) is 0.590. The van der Waals surface area contributed by atoms with Gasteiger partial charge in [-0.3, -0.25) is 0 Å².